The van der Waals surface area contributed by atoms with Gasteiger partial charge in [-0.2, -0.15) is 0 Å². The van der Waals surface area contributed by atoms with Gasteiger partial charge >= 0.3 is 0 Å². The van der Waals surface area contributed by atoms with E-state index in [-0.39, 0.29) is 11.8 Å². The van der Waals surface area contributed by atoms with Gasteiger partial charge in [0.25, 0.3) is 0 Å². The Morgan fingerprint density at radius 3 is 3.14 bits per heavy atom. The number of anilines is 1. The lowest BCUT2D eigenvalue weighted by Gasteiger charge is -2.19. The Labute approximate surface area is 80.6 Å². The zero-order valence-electron chi connectivity index (χ0n) is 7.60. The van der Waals surface area contributed by atoms with E-state index in [1.54, 1.807) is 0 Å². The Morgan fingerprint density at radius 2 is 2.50 bits per heavy atom. The van der Waals surface area contributed by atoms with E-state index >= 15 is 0 Å². The summed E-state index contributed by atoms with van der Waals surface area (Å²) in [6, 6.07) is 0. The van der Waals surface area contributed by atoms with Crippen LogP contribution in [0.1, 0.15) is 12.8 Å². The molecule has 7 heteroatoms. The van der Waals surface area contributed by atoms with Gasteiger partial charge in [-0.15, -0.1) is 0 Å². The van der Waals surface area contributed by atoms with E-state index in [0.717, 1.165) is 19.4 Å². The molecule has 1 amide bonds. The molecule has 75 valence electrons. The summed E-state index contributed by atoms with van der Waals surface area (Å²) in [5.41, 5.74) is 0. The molecule has 1 unspecified atom stereocenters. The highest BCUT2D eigenvalue weighted by atomic mass is 16.2. The Hall–Kier alpha value is -1.50. The van der Waals surface area contributed by atoms with E-state index < -0.39 is 0 Å². The highest BCUT2D eigenvalue weighted by Gasteiger charge is 2.22. The Balaban J connectivity index is 1.88. The Morgan fingerprint density at radius 1 is 1.57 bits per heavy atom. The summed E-state index contributed by atoms with van der Waals surface area (Å²) in [6.07, 6.45) is 1.86. The van der Waals surface area contributed by atoms with Crippen LogP contribution in [0.25, 0.3) is 0 Å². The fourth-order valence-electron chi connectivity index (χ4n) is 1.43. The van der Waals surface area contributed by atoms with Gasteiger partial charge in [-0.25, -0.2) is 10.4 Å². The largest absolute Gasteiger partial charge is 0.293 e. The fraction of sp³-hybridized carbons (Fsp3) is 0.714. The van der Waals surface area contributed by atoms with Gasteiger partial charge in [0.1, 0.15) is 0 Å². The second kappa shape index (κ2) is 4.14. The molecule has 0 saturated carbocycles. The monoisotopic (exact) mass is 195 g/mol. The molecule has 2 heterocycles. The second-order valence-electron chi connectivity index (χ2n) is 3.21. The van der Waals surface area contributed by atoms with Crippen LogP contribution in [0.3, 0.4) is 0 Å². The van der Waals surface area contributed by atoms with Crippen LogP contribution in [0.4, 0.5) is 5.95 Å². The number of aromatic nitrogens is 4. The number of H-pyrrole nitrogens is 1. The minimum absolute atomic E-state index is 0.0335. The van der Waals surface area contributed by atoms with Gasteiger partial charge in [0.05, 0.1) is 5.92 Å². The third-order valence-corrected chi connectivity index (χ3v) is 2.18. The summed E-state index contributed by atoms with van der Waals surface area (Å²) in [6.45, 7) is 1.47. The lowest BCUT2D eigenvalue weighted by Crippen LogP contribution is -2.34. The SMILES string of the molecule is O=C(Nc1nnn[nH]1)C1CCC[N]C1. The van der Waals surface area contributed by atoms with Gasteiger partial charge in [0.2, 0.25) is 11.9 Å². The second-order valence-corrected chi connectivity index (χ2v) is 3.21. The van der Waals surface area contributed by atoms with Gasteiger partial charge in [0, 0.05) is 13.1 Å². The van der Waals surface area contributed by atoms with E-state index in [4.69, 9.17) is 0 Å². The van der Waals surface area contributed by atoms with Crippen molar-refractivity contribution in [3.8, 4) is 0 Å². The van der Waals surface area contributed by atoms with Crippen molar-refractivity contribution in [1.29, 1.82) is 0 Å². The van der Waals surface area contributed by atoms with Crippen molar-refractivity contribution >= 4 is 11.9 Å². The van der Waals surface area contributed by atoms with Crippen molar-refractivity contribution in [2.45, 2.75) is 12.8 Å². The van der Waals surface area contributed by atoms with E-state index in [0.29, 0.717) is 12.5 Å². The van der Waals surface area contributed by atoms with Gasteiger partial charge in [-0.3, -0.25) is 10.1 Å². The molecule has 1 aromatic heterocycles. The highest BCUT2D eigenvalue weighted by molar-refractivity contribution is 5.90. The average Bonchev–Trinajstić information content (AvgIpc) is 2.72. The van der Waals surface area contributed by atoms with Crippen molar-refractivity contribution in [3.05, 3.63) is 0 Å². The molecular weight excluding hydrogens is 184 g/mol. The summed E-state index contributed by atoms with van der Waals surface area (Å²) in [5.74, 6) is 0.196. The first-order chi connectivity index (χ1) is 6.86. The number of carbonyl (C=O) groups is 1. The number of carbonyl (C=O) groups excluding carboxylic acids is 1. The number of aromatic amines is 1. The van der Waals surface area contributed by atoms with Crippen LogP contribution in [0.2, 0.25) is 0 Å². The third-order valence-electron chi connectivity index (χ3n) is 2.18. The van der Waals surface area contributed by atoms with Crippen molar-refractivity contribution in [3.63, 3.8) is 0 Å². The first-order valence-corrected chi connectivity index (χ1v) is 4.54. The summed E-state index contributed by atoms with van der Waals surface area (Å²) >= 11 is 0. The number of nitrogens with one attached hydrogen (secondary N) is 2. The molecule has 0 aliphatic carbocycles. The maximum atomic E-state index is 11.6. The molecule has 14 heavy (non-hydrogen) atoms. The maximum absolute atomic E-state index is 11.6. The van der Waals surface area contributed by atoms with Crippen LogP contribution >= 0.6 is 0 Å². The maximum Gasteiger partial charge on any atom is 0.246 e. The molecule has 1 aliphatic heterocycles. The molecule has 0 spiro atoms. The fourth-order valence-corrected chi connectivity index (χ4v) is 1.43. The van der Waals surface area contributed by atoms with Crippen LogP contribution in [-0.4, -0.2) is 39.6 Å². The topological polar surface area (TPSA) is 97.7 Å². The number of rotatable bonds is 2. The molecule has 0 bridgehead atoms. The molecule has 1 atom stereocenters. The van der Waals surface area contributed by atoms with E-state index in [1.807, 2.05) is 0 Å². The molecule has 1 aromatic rings. The van der Waals surface area contributed by atoms with Crippen LogP contribution in [-0.2, 0) is 4.79 Å². The first kappa shape index (κ1) is 9.07. The summed E-state index contributed by atoms with van der Waals surface area (Å²) in [7, 11) is 0. The lowest BCUT2D eigenvalue weighted by molar-refractivity contribution is -0.120. The quantitative estimate of drug-likeness (QED) is 0.642. The van der Waals surface area contributed by atoms with Crippen molar-refractivity contribution in [1.82, 2.24) is 25.9 Å². The number of nitrogens with zero attached hydrogens (tertiary/aromatic N) is 4. The van der Waals surface area contributed by atoms with E-state index in [1.165, 1.54) is 0 Å². The van der Waals surface area contributed by atoms with Crippen molar-refractivity contribution in [2.24, 2.45) is 5.92 Å². The standard InChI is InChI=1S/C7H11N6O/c14-6(5-2-1-3-8-4-5)9-7-10-12-13-11-7/h5H,1-4H2,(H2,9,10,11,12,13,14). The van der Waals surface area contributed by atoms with Crippen LogP contribution in [0.5, 0.6) is 0 Å². The number of piperidine rings is 1. The van der Waals surface area contributed by atoms with Gasteiger partial charge in [0.15, 0.2) is 0 Å². The van der Waals surface area contributed by atoms with Crippen LogP contribution in [0.15, 0.2) is 0 Å². The van der Waals surface area contributed by atoms with Gasteiger partial charge in [-0.1, -0.05) is 5.10 Å². The minimum atomic E-state index is -0.0630. The van der Waals surface area contributed by atoms with Crippen LogP contribution < -0.4 is 10.6 Å². The zero-order valence-corrected chi connectivity index (χ0v) is 7.60. The normalized spacial score (nSPS) is 21.9. The summed E-state index contributed by atoms with van der Waals surface area (Å²) in [4.78, 5) is 11.6. The number of hydrogen-bond donors (Lipinski definition) is 2. The Bertz CT molecular complexity index is 291. The van der Waals surface area contributed by atoms with Gasteiger partial charge in [-0.05, 0) is 23.3 Å². The molecule has 1 fully saturated rings. The third kappa shape index (κ3) is 2.05. The Kier molecular flexibility index (Phi) is 2.68. The van der Waals surface area contributed by atoms with E-state index in [9.17, 15) is 4.79 Å². The molecule has 1 saturated heterocycles. The number of tetrazole rings is 1. The average molecular weight is 195 g/mol. The first-order valence-electron chi connectivity index (χ1n) is 4.54. The smallest absolute Gasteiger partial charge is 0.246 e. The predicted octanol–water partition coefficient (Wildman–Crippen LogP) is -0.847. The molecular formula is C7H11N6O. The highest BCUT2D eigenvalue weighted by Crippen LogP contribution is 2.12. The van der Waals surface area contributed by atoms with E-state index in [2.05, 4.69) is 31.3 Å². The molecule has 2 rings (SSSR count). The summed E-state index contributed by atoms with van der Waals surface area (Å²) in [5, 5.41) is 19.6. The number of hydrogen-bond acceptors (Lipinski definition) is 4. The molecule has 1 aliphatic rings. The minimum Gasteiger partial charge on any atom is -0.293 e. The summed E-state index contributed by atoms with van der Waals surface area (Å²) < 4.78 is 0. The number of amides is 1. The van der Waals surface area contributed by atoms with Crippen LogP contribution in [0, 0.1) is 5.92 Å². The molecule has 7 nitrogen and oxygen atoms in total. The molecule has 0 aromatic carbocycles. The lowest BCUT2D eigenvalue weighted by atomic mass is 9.99. The van der Waals surface area contributed by atoms with Crippen molar-refractivity contribution in [2.75, 3.05) is 18.4 Å². The zero-order chi connectivity index (χ0) is 9.80. The molecule has 1 radical (unpaired) electrons. The predicted molar refractivity (Wildman–Crippen MR) is 47.4 cm³/mol. The van der Waals surface area contributed by atoms with Gasteiger partial charge < -0.3 is 0 Å². The van der Waals surface area contributed by atoms with Crippen molar-refractivity contribution < 1.29 is 4.79 Å². The molecule has 2 N–H and O–H groups in total.